The lowest BCUT2D eigenvalue weighted by Crippen LogP contribution is -2.14. The van der Waals surface area contributed by atoms with Crippen LogP contribution in [0.5, 0.6) is 0 Å². The molecule has 0 amide bonds. The third kappa shape index (κ3) is 2.56. The zero-order valence-electron chi connectivity index (χ0n) is 18.0. The summed E-state index contributed by atoms with van der Waals surface area (Å²) in [4.78, 5) is 5.05. The molecule has 1 nitrogen and oxygen atoms in total. The maximum atomic E-state index is 2.46. The molecule has 4 heteroatoms. The second-order valence-electron chi connectivity index (χ2n) is 8.54. The first kappa shape index (κ1) is 19.0. The van der Waals surface area contributed by atoms with E-state index < -0.39 is 0 Å². The van der Waals surface area contributed by atoms with Crippen molar-refractivity contribution in [3.05, 3.63) is 103 Å². The summed E-state index contributed by atoms with van der Waals surface area (Å²) < 4.78 is 5.47. The first-order valence-corrected chi connectivity index (χ1v) is 13.7. The summed E-state index contributed by atoms with van der Waals surface area (Å²) in [5.74, 6) is 0. The number of rotatable bonds is 1. The van der Waals surface area contributed by atoms with E-state index in [1.54, 1.807) is 0 Å². The highest BCUT2D eigenvalue weighted by Gasteiger charge is 2.26. The van der Waals surface area contributed by atoms with Gasteiger partial charge in [0.2, 0.25) is 0 Å². The van der Waals surface area contributed by atoms with Gasteiger partial charge in [0, 0.05) is 45.4 Å². The molecule has 0 fully saturated rings. The Morgan fingerprint density at radius 1 is 0.441 bits per heavy atom. The summed E-state index contributed by atoms with van der Waals surface area (Å²) in [7, 11) is 0. The lowest BCUT2D eigenvalue weighted by Gasteiger charge is -2.33. The number of fused-ring (bicyclic) bond motifs is 9. The van der Waals surface area contributed by atoms with E-state index in [1.165, 1.54) is 67.2 Å². The van der Waals surface area contributed by atoms with Crippen molar-refractivity contribution in [1.82, 2.24) is 0 Å². The molecule has 0 saturated heterocycles. The Kier molecular flexibility index (Phi) is 3.97. The Bertz CT molecular complexity index is 1860. The van der Waals surface area contributed by atoms with Crippen molar-refractivity contribution in [2.75, 3.05) is 4.90 Å². The molecular weight excluding hydrogens is 471 g/mol. The van der Waals surface area contributed by atoms with E-state index in [9.17, 15) is 0 Å². The van der Waals surface area contributed by atoms with Crippen LogP contribution in [-0.4, -0.2) is 0 Å². The van der Waals surface area contributed by atoms with E-state index in [4.69, 9.17) is 0 Å². The molecule has 0 unspecified atom stereocenters. The molecule has 0 spiro atoms. The van der Waals surface area contributed by atoms with Crippen molar-refractivity contribution in [3.8, 4) is 0 Å². The molecule has 2 aromatic heterocycles. The molecule has 3 heterocycles. The van der Waals surface area contributed by atoms with E-state index in [0.717, 1.165) is 0 Å². The van der Waals surface area contributed by atoms with Crippen molar-refractivity contribution in [1.29, 1.82) is 0 Å². The zero-order chi connectivity index (χ0) is 22.2. The second-order valence-corrected chi connectivity index (χ2v) is 11.7. The summed E-state index contributed by atoms with van der Waals surface area (Å²) in [5, 5.41) is 5.46. The highest BCUT2D eigenvalue weighted by Crippen LogP contribution is 2.54. The quantitative estimate of drug-likeness (QED) is 0.226. The summed E-state index contributed by atoms with van der Waals surface area (Å²) in [5.41, 5.74) is 3.76. The molecule has 0 aliphatic carbocycles. The maximum absolute atomic E-state index is 2.46. The van der Waals surface area contributed by atoms with Crippen LogP contribution in [0.15, 0.2) is 113 Å². The molecule has 160 valence electrons. The normalized spacial score (nSPS) is 13.1. The predicted molar refractivity (Wildman–Crippen MR) is 151 cm³/mol. The van der Waals surface area contributed by atoms with Crippen molar-refractivity contribution >= 4 is 91.8 Å². The minimum absolute atomic E-state index is 1.25. The van der Waals surface area contributed by atoms with Crippen LogP contribution in [0.1, 0.15) is 0 Å². The molecule has 8 rings (SSSR count). The van der Waals surface area contributed by atoms with Crippen molar-refractivity contribution in [3.63, 3.8) is 0 Å². The summed E-state index contributed by atoms with van der Waals surface area (Å²) in [6, 6.07) is 37.7. The van der Waals surface area contributed by atoms with Crippen LogP contribution < -0.4 is 4.90 Å². The molecule has 7 aromatic rings. The molecule has 1 aliphatic heterocycles. The Balaban J connectivity index is 1.49. The SMILES string of the molecule is c1ccc2c(c1)Sc1ccccc1N2c1cccc2c1sc1c2ccc2sc3ccccc3c21. The van der Waals surface area contributed by atoms with Crippen molar-refractivity contribution in [2.24, 2.45) is 0 Å². The van der Waals surface area contributed by atoms with Crippen LogP contribution in [0, 0.1) is 0 Å². The first-order chi connectivity index (χ1) is 16.9. The van der Waals surface area contributed by atoms with Gasteiger partial charge in [-0.15, -0.1) is 22.7 Å². The van der Waals surface area contributed by atoms with E-state index in [2.05, 4.69) is 108 Å². The lowest BCUT2D eigenvalue weighted by molar-refractivity contribution is 1.17. The summed E-state index contributed by atoms with van der Waals surface area (Å²) in [6.45, 7) is 0. The molecule has 0 saturated carbocycles. The molecule has 1 aliphatic rings. The van der Waals surface area contributed by atoms with Crippen molar-refractivity contribution in [2.45, 2.75) is 9.79 Å². The van der Waals surface area contributed by atoms with Gasteiger partial charge in [0.15, 0.2) is 0 Å². The fourth-order valence-electron chi connectivity index (χ4n) is 5.19. The van der Waals surface area contributed by atoms with Crippen LogP contribution in [0.3, 0.4) is 0 Å². The van der Waals surface area contributed by atoms with Gasteiger partial charge >= 0.3 is 0 Å². The average molecular weight is 488 g/mol. The first-order valence-electron chi connectivity index (χ1n) is 11.3. The minimum atomic E-state index is 1.25. The van der Waals surface area contributed by atoms with Gasteiger partial charge < -0.3 is 4.90 Å². The van der Waals surface area contributed by atoms with Gasteiger partial charge in [-0.2, -0.15) is 0 Å². The van der Waals surface area contributed by atoms with Gasteiger partial charge in [0.05, 0.1) is 21.8 Å². The fraction of sp³-hybridized carbons (Fsp3) is 0. The highest BCUT2D eigenvalue weighted by atomic mass is 32.2. The minimum Gasteiger partial charge on any atom is -0.307 e. The second kappa shape index (κ2) is 7.09. The van der Waals surface area contributed by atoms with E-state index >= 15 is 0 Å². The molecule has 0 bridgehead atoms. The van der Waals surface area contributed by atoms with Crippen molar-refractivity contribution < 1.29 is 0 Å². The smallest absolute Gasteiger partial charge is 0.0641 e. The average Bonchev–Trinajstić information content (AvgIpc) is 3.45. The van der Waals surface area contributed by atoms with Gasteiger partial charge in [-0.1, -0.05) is 72.4 Å². The van der Waals surface area contributed by atoms with Crippen LogP contribution in [0.2, 0.25) is 0 Å². The predicted octanol–water partition coefficient (Wildman–Crippen LogP) is 10.4. The van der Waals surface area contributed by atoms with Gasteiger partial charge in [-0.3, -0.25) is 0 Å². The molecule has 5 aromatic carbocycles. The number of thiophene rings is 2. The van der Waals surface area contributed by atoms with Gasteiger partial charge in [0.1, 0.15) is 0 Å². The standard InChI is InChI=1S/C30H17NS3/c1-4-13-24-20(8-1)28-27(32-24)17-16-19-18-9-7-12-23(29(18)34-30(19)28)31-21-10-2-5-14-25(21)33-26-15-6-3-11-22(26)31/h1-17H. The van der Waals surface area contributed by atoms with Crippen LogP contribution >= 0.6 is 34.4 Å². The number of para-hydroxylation sites is 2. The Morgan fingerprint density at radius 2 is 1.09 bits per heavy atom. The Morgan fingerprint density at radius 3 is 1.91 bits per heavy atom. The Labute approximate surface area is 208 Å². The number of nitrogens with zero attached hydrogens (tertiary/aromatic N) is 1. The summed E-state index contributed by atoms with van der Waals surface area (Å²) >= 11 is 5.69. The van der Waals surface area contributed by atoms with E-state index in [1.807, 2.05) is 34.4 Å². The largest absolute Gasteiger partial charge is 0.307 e. The molecular formula is C30H17NS3. The maximum Gasteiger partial charge on any atom is 0.0641 e. The molecule has 0 radical (unpaired) electrons. The van der Waals surface area contributed by atoms with Crippen LogP contribution in [0.25, 0.3) is 40.3 Å². The molecule has 0 atom stereocenters. The third-order valence-electron chi connectivity index (χ3n) is 6.66. The number of hydrogen-bond acceptors (Lipinski definition) is 4. The highest BCUT2D eigenvalue weighted by molar-refractivity contribution is 7.99. The van der Waals surface area contributed by atoms with Gasteiger partial charge in [-0.25, -0.2) is 0 Å². The zero-order valence-corrected chi connectivity index (χ0v) is 20.4. The Hall–Kier alpha value is -3.31. The summed E-state index contributed by atoms with van der Waals surface area (Å²) in [6.07, 6.45) is 0. The van der Waals surface area contributed by atoms with Crippen LogP contribution in [0.4, 0.5) is 17.1 Å². The van der Waals surface area contributed by atoms with E-state index in [0.29, 0.717) is 0 Å². The lowest BCUT2D eigenvalue weighted by atomic mass is 10.1. The van der Waals surface area contributed by atoms with Gasteiger partial charge in [0.25, 0.3) is 0 Å². The monoisotopic (exact) mass is 487 g/mol. The molecule has 34 heavy (non-hydrogen) atoms. The molecule has 0 N–H and O–H groups in total. The number of anilines is 3. The van der Waals surface area contributed by atoms with Crippen LogP contribution in [-0.2, 0) is 0 Å². The third-order valence-corrected chi connectivity index (χ3v) is 10.2. The van der Waals surface area contributed by atoms with Gasteiger partial charge in [-0.05, 0) is 42.5 Å². The van der Waals surface area contributed by atoms with E-state index in [-0.39, 0.29) is 0 Å². The topological polar surface area (TPSA) is 3.24 Å². The number of hydrogen-bond donors (Lipinski definition) is 0. The fourth-order valence-corrected chi connectivity index (χ4v) is 8.79. The number of benzene rings is 5.